The Balaban J connectivity index is 1.09. The number of hydrogen-bond acceptors (Lipinski definition) is 6. The van der Waals surface area contributed by atoms with Gasteiger partial charge >= 0.3 is 0 Å². The van der Waals surface area contributed by atoms with E-state index < -0.39 is 0 Å². The number of benzene rings is 2. The zero-order chi connectivity index (χ0) is 33.9. The lowest BCUT2D eigenvalue weighted by Crippen LogP contribution is -2.25. The summed E-state index contributed by atoms with van der Waals surface area (Å²) in [7, 11) is 0. The van der Waals surface area contributed by atoms with Gasteiger partial charge in [0, 0.05) is 60.8 Å². The molecule has 0 bridgehead atoms. The molecule has 2 aromatic carbocycles. The normalized spacial score (nSPS) is 13.1. The van der Waals surface area contributed by atoms with E-state index in [1.54, 1.807) is 0 Å². The first-order chi connectivity index (χ1) is 23.3. The average molecular weight is 655 g/mol. The number of unbranched alkanes of at least 4 members (excludes halogenated alkanes) is 2. The summed E-state index contributed by atoms with van der Waals surface area (Å²) in [6, 6.07) is 11.6. The molecule has 0 saturated heterocycles. The van der Waals surface area contributed by atoms with Crippen LogP contribution >= 0.6 is 0 Å². The van der Waals surface area contributed by atoms with Gasteiger partial charge in [-0.1, -0.05) is 40.5 Å². The minimum absolute atomic E-state index is 0.139. The molecule has 1 aliphatic rings. The third kappa shape index (κ3) is 9.71. The average Bonchev–Trinajstić information content (AvgIpc) is 3.76. The van der Waals surface area contributed by atoms with Gasteiger partial charge in [0.05, 0.1) is 0 Å². The van der Waals surface area contributed by atoms with E-state index in [1.165, 1.54) is 0 Å². The quantitative estimate of drug-likeness (QED) is 0.0706. The molecule has 2 atom stereocenters. The minimum atomic E-state index is 0.139. The summed E-state index contributed by atoms with van der Waals surface area (Å²) in [5.41, 5.74) is 3.95. The van der Waals surface area contributed by atoms with E-state index in [2.05, 4.69) is 58.3 Å². The highest BCUT2D eigenvalue weighted by Gasteiger charge is 2.21. The molecular weight excluding hydrogens is 604 g/mol. The van der Waals surface area contributed by atoms with Gasteiger partial charge in [0.25, 0.3) is 0 Å². The van der Waals surface area contributed by atoms with Crippen LogP contribution in [0, 0.1) is 11.8 Å². The maximum Gasteiger partial charge on any atom is 0.220 e. The second-order valence-corrected chi connectivity index (χ2v) is 13.1. The second-order valence-electron chi connectivity index (χ2n) is 13.1. The Morgan fingerprint density at radius 3 is 1.52 bits per heavy atom. The lowest BCUT2D eigenvalue weighted by Gasteiger charge is -2.21. The Morgan fingerprint density at radius 1 is 0.667 bits per heavy atom. The number of aryl methyl sites for hydroxylation is 2. The summed E-state index contributed by atoms with van der Waals surface area (Å²) in [4.78, 5) is 40.0. The minimum Gasteiger partial charge on any atom is -0.449 e. The molecule has 2 aromatic heterocycles. The Morgan fingerprint density at radius 2 is 1.10 bits per heavy atom. The molecule has 10 nitrogen and oxygen atoms in total. The smallest absolute Gasteiger partial charge is 0.220 e. The van der Waals surface area contributed by atoms with Crippen molar-refractivity contribution in [3.63, 3.8) is 0 Å². The van der Waals surface area contributed by atoms with Crippen LogP contribution in [-0.2, 0) is 22.4 Å². The Kier molecular flexibility index (Phi) is 12.3. The zero-order valence-corrected chi connectivity index (χ0v) is 28.8. The van der Waals surface area contributed by atoms with Gasteiger partial charge in [-0.15, -0.1) is 0 Å². The number of ether oxygens (including phenoxy) is 2. The lowest BCUT2D eigenvalue weighted by atomic mass is 10.1. The van der Waals surface area contributed by atoms with Crippen molar-refractivity contribution < 1.29 is 19.1 Å². The first-order valence-corrected chi connectivity index (χ1v) is 17.6. The summed E-state index contributed by atoms with van der Waals surface area (Å²) in [6.07, 6.45) is 12.5. The number of fused-ring (bicyclic) bond motifs is 2. The van der Waals surface area contributed by atoms with Gasteiger partial charge in [-0.2, -0.15) is 0 Å². The number of carbonyl (C=O) groups is 2. The summed E-state index contributed by atoms with van der Waals surface area (Å²) in [5, 5.41) is 6.05. The molecule has 256 valence electrons. The maximum atomic E-state index is 12.0. The molecule has 0 fully saturated rings. The van der Waals surface area contributed by atoms with E-state index in [4.69, 9.17) is 9.47 Å². The number of rotatable bonds is 18. The molecule has 0 saturated carbocycles. The van der Waals surface area contributed by atoms with Gasteiger partial charge in [0.2, 0.25) is 11.8 Å². The van der Waals surface area contributed by atoms with Gasteiger partial charge in [0.15, 0.2) is 23.0 Å². The van der Waals surface area contributed by atoms with E-state index in [9.17, 15) is 9.59 Å². The fourth-order valence-corrected chi connectivity index (χ4v) is 5.54. The van der Waals surface area contributed by atoms with E-state index >= 15 is 0 Å². The second kappa shape index (κ2) is 17.0. The number of amides is 2. The van der Waals surface area contributed by atoms with E-state index in [1.807, 2.05) is 48.8 Å². The van der Waals surface area contributed by atoms with Gasteiger partial charge in [-0.05, 0) is 86.8 Å². The Bertz CT molecular complexity index is 1540. The lowest BCUT2D eigenvalue weighted by molar-refractivity contribution is -0.122. The topological polar surface area (TPSA) is 134 Å². The van der Waals surface area contributed by atoms with Crippen molar-refractivity contribution in [2.24, 2.45) is 11.8 Å². The number of nitrogens with zero attached hydrogens (tertiary/aromatic N) is 2. The van der Waals surface area contributed by atoms with Crippen LogP contribution in [0.25, 0.3) is 22.8 Å². The standard InChI is InChI=1S/C38H50N6O4/c1-5-25(3)19-35(45)39-17-9-7-11-29-23-41-37(43-29)27-13-15-31-33(21-27)47-32-16-14-28(22-34(32)48-31)38-42-24-30(44-38)12-8-10-18-40-36(46)20-26(4)6-2/h13-16,21-26H,5-12,17-20H2,1-4H3,(H,39,45)(H,40,46)(H,41,43)(H,42,44). The SMILES string of the molecule is CCC(C)CC(=O)NCCCCc1cnc(-c2ccc3c(c2)Oc2ccc(-c4ncc(CCCCNC(=O)CC(C)CC)[nH]4)cc2O3)[nH]1. The number of carbonyl (C=O) groups excluding carboxylic acids is 2. The highest BCUT2D eigenvalue weighted by atomic mass is 16.6. The molecule has 3 heterocycles. The van der Waals surface area contributed by atoms with Crippen molar-refractivity contribution >= 4 is 11.8 Å². The molecule has 4 N–H and O–H groups in total. The van der Waals surface area contributed by atoms with Crippen molar-refractivity contribution in [2.45, 2.75) is 91.9 Å². The summed E-state index contributed by atoms with van der Waals surface area (Å²) in [6.45, 7) is 9.83. The van der Waals surface area contributed by atoms with Gasteiger partial charge in [-0.3, -0.25) is 9.59 Å². The van der Waals surface area contributed by atoms with Crippen LogP contribution in [0.3, 0.4) is 0 Å². The third-order valence-corrected chi connectivity index (χ3v) is 8.98. The zero-order valence-electron chi connectivity index (χ0n) is 28.8. The van der Waals surface area contributed by atoms with Crippen LogP contribution in [0.15, 0.2) is 48.8 Å². The van der Waals surface area contributed by atoms with Gasteiger partial charge in [0.1, 0.15) is 11.6 Å². The van der Waals surface area contributed by atoms with Crippen LogP contribution in [0.5, 0.6) is 23.0 Å². The van der Waals surface area contributed by atoms with Crippen molar-refractivity contribution in [1.29, 1.82) is 0 Å². The summed E-state index contributed by atoms with van der Waals surface area (Å²) in [5.74, 6) is 5.23. The van der Waals surface area contributed by atoms with Crippen molar-refractivity contribution in [3.05, 3.63) is 60.2 Å². The molecule has 2 unspecified atom stereocenters. The summed E-state index contributed by atoms with van der Waals surface area (Å²) >= 11 is 0. The predicted octanol–water partition coefficient (Wildman–Crippen LogP) is 8.12. The molecule has 0 radical (unpaired) electrons. The largest absolute Gasteiger partial charge is 0.449 e. The van der Waals surface area contributed by atoms with Crippen molar-refractivity contribution in [1.82, 2.24) is 30.6 Å². The van der Waals surface area contributed by atoms with Crippen molar-refractivity contribution in [2.75, 3.05) is 13.1 Å². The number of aromatic amines is 2. The number of imidazole rings is 2. The molecule has 0 spiro atoms. The molecule has 5 rings (SSSR count). The molecule has 0 aliphatic carbocycles. The van der Waals surface area contributed by atoms with Gasteiger partial charge in [-0.25, -0.2) is 9.97 Å². The Hall–Kier alpha value is -4.60. The molecular formula is C38H50N6O4. The fraction of sp³-hybridized carbons (Fsp3) is 0.474. The van der Waals surface area contributed by atoms with E-state index in [-0.39, 0.29) is 11.8 Å². The van der Waals surface area contributed by atoms with E-state index in [0.717, 1.165) is 85.5 Å². The highest BCUT2D eigenvalue weighted by Crippen LogP contribution is 2.47. The number of aromatic nitrogens is 4. The van der Waals surface area contributed by atoms with E-state index in [0.29, 0.717) is 60.8 Å². The molecule has 10 heteroatoms. The van der Waals surface area contributed by atoms with Crippen LogP contribution in [0.2, 0.25) is 0 Å². The highest BCUT2D eigenvalue weighted by molar-refractivity contribution is 5.76. The predicted molar refractivity (Wildman–Crippen MR) is 188 cm³/mol. The van der Waals surface area contributed by atoms with Crippen LogP contribution in [0.1, 0.15) is 90.4 Å². The molecule has 1 aliphatic heterocycles. The number of nitrogens with one attached hydrogen (secondary N) is 4. The first-order valence-electron chi connectivity index (χ1n) is 17.6. The first kappa shape index (κ1) is 34.7. The van der Waals surface area contributed by atoms with Crippen molar-refractivity contribution in [3.8, 4) is 45.8 Å². The summed E-state index contributed by atoms with van der Waals surface area (Å²) < 4.78 is 12.5. The third-order valence-electron chi connectivity index (χ3n) is 8.98. The van der Waals surface area contributed by atoms with Crippen LogP contribution in [-0.4, -0.2) is 44.8 Å². The molecule has 4 aromatic rings. The van der Waals surface area contributed by atoms with Gasteiger partial charge < -0.3 is 30.1 Å². The van der Waals surface area contributed by atoms with Crippen LogP contribution < -0.4 is 20.1 Å². The number of H-pyrrole nitrogens is 2. The van der Waals surface area contributed by atoms with Crippen LogP contribution in [0.4, 0.5) is 0 Å². The molecule has 2 amide bonds. The Labute approximate surface area is 283 Å². The monoisotopic (exact) mass is 654 g/mol. The number of hydrogen-bond donors (Lipinski definition) is 4. The molecule has 48 heavy (non-hydrogen) atoms. The maximum absolute atomic E-state index is 12.0. The fourth-order valence-electron chi connectivity index (χ4n) is 5.54.